The van der Waals surface area contributed by atoms with Gasteiger partial charge in [-0.2, -0.15) is 0 Å². The minimum absolute atomic E-state index is 0.215. The third-order valence-corrected chi connectivity index (χ3v) is 3.69. The van der Waals surface area contributed by atoms with E-state index in [2.05, 4.69) is 4.98 Å². The molecule has 3 aromatic rings. The molecule has 2 aromatic carbocycles. The summed E-state index contributed by atoms with van der Waals surface area (Å²) in [6.07, 6.45) is 0. The number of aromatic carboxylic acids is 1. The molecule has 0 saturated carbocycles. The van der Waals surface area contributed by atoms with Crippen molar-refractivity contribution in [2.45, 2.75) is 0 Å². The second kappa shape index (κ2) is 5.66. The lowest BCUT2D eigenvalue weighted by atomic mass is 10.0. The molecule has 3 rings (SSSR count). The van der Waals surface area contributed by atoms with Crippen molar-refractivity contribution in [1.82, 2.24) is 4.98 Å². The zero-order valence-corrected chi connectivity index (χ0v) is 12.5. The molecule has 4 nitrogen and oxygen atoms in total. The summed E-state index contributed by atoms with van der Waals surface area (Å²) in [4.78, 5) is 16.0. The van der Waals surface area contributed by atoms with Crippen LogP contribution in [0, 0.1) is 0 Å². The van der Waals surface area contributed by atoms with Crippen molar-refractivity contribution in [3.05, 3.63) is 59.1 Å². The van der Waals surface area contributed by atoms with Gasteiger partial charge >= 0.3 is 5.97 Å². The molecule has 0 unspecified atom stereocenters. The average Bonchev–Trinajstić information content (AvgIpc) is 2.53. The molecule has 0 atom stereocenters. The van der Waals surface area contributed by atoms with Gasteiger partial charge in [0.15, 0.2) is 0 Å². The summed E-state index contributed by atoms with van der Waals surface area (Å²) < 4.78 is 5.12. The summed E-state index contributed by atoms with van der Waals surface area (Å²) in [5.74, 6) is -0.427. The van der Waals surface area contributed by atoms with Gasteiger partial charge in [0.1, 0.15) is 5.75 Å². The molecular weight excluding hydrogens is 302 g/mol. The molecule has 0 aliphatic carbocycles. The number of nitrogens with zero attached hydrogens (tertiary/aromatic N) is 1. The largest absolute Gasteiger partial charge is 0.495 e. The van der Waals surface area contributed by atoms with Crippen molar-refractivity contribution < 1.29 is 14.6 Å². The number of rotatable bonds is 3. The fourth-order valence-electron chi connectivity index (χ4n) is 2.33. The number of halogens is 1. The highest BCUT2D eigenvalue weighted by Gasteiger charge is 2.13. The maximum Gasteiger partial charge on any atom is 0.336 e. The van der Waals surface area contributed by atoms with E-state index >= 15 is 0 Å². The van der Waals surface area contributed by atoms with E-state index < -0.39 is 5.97 Å². The van der Waals surface area contributed by atoms with Crippen LogP contribution in [0.2, 0.25) is 5.02 Å². The Morgan fingerprint density at radius 2 is 1.95 bits per heavy atom. The average molecular weight is 314 g/mol. The zero-order valence-electron chi connectivity index (χ0n) is 11.7. The normalized spacial score (nSPS) is 10.6. The first-order valence-corrected chi connectivity index (χ1v) is 6.95. The number of carbonyl (C=O) groups is 1. The standard InChI is InChI=1S/C17H12ClNO3/c1-22-16-7-6-10(8-13(16)18)15-9-12(17(20)21)11-4-2-3-5-14(11)19-15/h2-9H,1H3,(H,20,21). The van der Waals surface area contributed by atoms with Crippen LogP contribution in [0.5, 0.6) is 5.75 Å². The van der Waals surface area contributed by atoms with Gasteiger partial charge in [-0.05, 0) is 30.3 Å². The fraction of sp³-hybridized carbons (Fsp3) is 0.0588. The predicted molar refractivity (Wildman–Crippen MR) is 85.7 cm³/mol. The fourth-order valence-corrected chi connectivity index (χ4v) is 2.58. The number of pyridine rings is 1. The quantitative estimate of drug-likeness (QED) is 0.784. The van der Waals surface area contributed by atoms with Crippen molar-refractivity contribution in [2.75, 3.05) is 7.11 Å². The molecule has 1 aromatic heterocycles. The zero-order chi connectivity index (χ0) is 15.7. The number of hydrogen-bond donors (Lipinski definition) is 1. The molecule has 0 aliphatic heterocycles. The number of benzene rings is 2. The Bertz CT molecular complexity index is 877. The van der Waals surface area contributed by atoms with E-state index in [1.165, 1.54) is 7.11 Å². The van der Waals surface area contributed by atoms with E-state index in [4.69, 9.17) is 16.3 Å². The number of carboxylic acids is 1. The first-order chi connectivity index (χ1) is 10.6. The van der Waals surface area contributed by atoms with Gasteiger partial charge in [-0.15, -0.1) is 0 Å². The van der Waals surface area contributed by atoms with Crippen molar-refractivity contribution >= 4 is 28.5 Å². The molecule has 1 heterocycles. The van der Waals surface area contributed by atoms with Crippen LogP contribution < -0.4 is 4.74 Å². The summed E-state index contributed by atoms with van der Waals surface area (Å²) in [6, 6.07) is 14.0. The number of carboxylic acid groups (broad SMARTS) is 1. The molecule has 0 spiro atoms. The van der Waals surface area contributed by atoms with Crippen LogP contribution in [0.25, 0.3) is 22.2 Å². The Balaban J connectivity index is 2.23. The first-order valence-electron chi connectivity index (χ1n) is 6.57. The van der Waals surface area contributed by atoms with Gasteiger partial charge < -0.3 is 9.84 Å². The molecule has 0 bridgehead atoms. The smallest absolute Gasteiger partial charge is 0.336 e. The number of methoxy groups -OCH3 is 1. The van der Waals surface area contributed by atoms with Crippen LogP contribution in [-0.2, 0) is 0 Å². The summed E-state index contributed by atoms with van der Waals surface area (Å²) >= 11 is 6.13. The Hall–Kier alpha value is -2.59. The summed E-state index contributed by atoms with van der Waals surface area (Å²) in [6.45, 7) is 0. The van der Waals surface area contributed by atoms with E-state index in [1.807, 2.05) is 6.07 Å². The molecule has 22 heavy (non-hydrogen) atoms. The van der Waals surface area contributed by atoms with Crippen LogP contribution >= 0.6 is 11.6 Å². The monoisotopic (exact) mass is 313 g/mol. The van der Waals surface area contributed by atoms with Crippen LogP contribution in [0.3, 0.4) is 0 Å². The minimum Gasteiger partial charge on any atom is -0.495 e. The van der Waals surface area contributed by atoms with E-state index in [0.29, 0.717) is 27.4 Å². The Morgan fingerprint density at radius 3 is 2.64 bits per heavy atom. The van der Waals surface area contributed by atoms with Crippen molar-refractivity contribution in [3.63, 3.8) is 0 Å². The van der Waals surface area contributed by atoms with Gasteiger partial charge in [-0.1, -0.05) is 29.8 Å². The number of ether oxygens (including phenoxy) is 1. The van der Waals surface area contributed by atoms with Gasteiger partial charge in [0.2, 0.25) is 0 Å². The topological polar surface area (TPSA) is 59.4 Å². The second-order valence-electron chi connectivity index (χ2n) is 4.73. The van der Waals surface area contributed by atoms with Gasteiger partial charge in [0.05, 0.1) is 28.9 Å². The molecule has 0 amide bonds. The summed E-state index contributed by atoms with van der Waals surface area (Å²) in [5, 5.41) is 10.5. The number of fused-ring (bicyclic) bond motifs is 1. The molecule has 5 heteroatoms. The summed E-state index contributed by atoms with van der Waals surface area (Å²) in [5.41, 5.74) is 2.14. The number of aromatic nitrogens is 1. The maximum atomic E-state index is 11.5. The van der Waals surface area contributed by atoms with Gasteiger partial charge in [0, 0.05) is 10.9 Å². The Kier molecular flexibility index (Phi) is 3.69. The molecule has 0 fully saturated rings. The molecule has 0 radical (unpaired) electrons. The third-order valence-electron chi connectivity index (χ3n) is 3.39. The molecule has 110 valence electrons. The minimum atomic E-state index is -0.987. The van der Waals surface area contributed by atoms with Gasteiger partial charge in [-0.25, -0.2) is 9.78 Å². The SMILES string of the molecule is COc1ccc(-c2cc(C(=O)O)c3ccccc3n2)cc1Cl. The van der Waals surface area contributed by atoms with Crippen LogP contribution in [0.4, 0.5) is 0 Å². The van der Waals surface area contributed by atoms with E-state index in [-0.39, 0.29) is 5.56 Å². The van der Waals surface area contributed by atoms with E-state index in [9.17, 15) is 9.90 Å². The van der Waals surface area contributed by atoms with E-state index in [0.717, 1.165) is 5.56 Å². The number of para-hydroxylation sites is 1. The van der Waals surface area contributed by atoms with Crippen molar-refractivity contribution in [3.8, 4) is 17.0 Å². The lowest BCUT2D eigenvalue weighted by Crippen LogP contribution is -2.00. The molecule has 0 saturated heterocycles. The molecule has 0 aliphatic rings. The van der Waals surface area contributed by atoms with Crippen molar-refractivity contribution in [1.29, 1.82) is 0 Å². The van der Waals surface area contributed by atoms with Crippen LogP contribution in [0.1, 0.15) is 10.4 Å². The van der Waals surface area contributed by atoms with Gasteiger partial charge in [0.25, 0.3) is 0 Å². The highest BCUT2D eigenvalue weighted by atomic mass is 35.5. The van der Waals surface area contributed by atoms with Crippen LogP contribution in [0.15, 0.2) is 48.5 Å². The molecular formula is C17H12ClNO3. The molecule has 1 N–H and O–H groups in total. The predicted octanol–water partition coefficient (Wildman–Crippen LogP) is 4.26. The Morgan fingerprint density at radius 1 is 1.18 bits per heavy atom. The van der Waals surface area contributed by atoms with Crippen molar-refractivity contribution in [2.24, 2.45) is 0 Å². The van der Waals surface area contributed by atoms with Gasteiger partial charge in [-0.3, -0.25) is 0 Å². The number of hydrogen-bond acceptors (Lipinski definition) is 3. The third kappa shape index (κ3) is 2.49. The highest BCUT2D eigenvalue weighted by Crippen LogP contribution is 2.31. The van der Waals surface area contributed by atoms with Crippen LogP contribution in [-0.4, -0.2) is 23.2 Å². The first kappa shape index (κ1) is 14.4. The Labute approximate surface area is 131 Å². The summed E-state index contributed by atoms with van der Waals surface area (Å²) in [7, 11) is 1.54. The lowest BCUT2D eigenvalue weighted by molar-refractivity contribution is 0.0699. The maximum absolute atomic E-state index is 11.5. The highest BCUT2D eigenvalue weighted by molar-refractivity contribution is 6.32. The lowest BCUT2D eigenvalue weighted by Gasteiger charge is -2.09. The van der Waals surface area contributed by atoms with E-state index in [1.54, 1.807) is 42.5 Å². The second-order valence-corrected chi connectivity index (χ2v) is 5.13.